The molecule has 3 aromatic heterocycles. The Bertz CT molecular complexity index is 1070. The van der Waals surface area contributed by atoms with Gasteiger partial charge in [-0.1, -0.05) is 35.5 Å². The number of pyridine rings is 1. The zero-order valence-electron chi connectivity index (χ0n) is 16.3. The second-order valence-corrected chi connectivity index (χ2v) is 7.63. The summed E-state index contributed by atoms with van der Waals surface area (Å²) in [6.45, 7) is 7.44. The molecule has 0 N–H and O–H groups in total. The topological polar surface area (TPSA) is 57.2 Å². The fourth-order valence-electron chi connectivity index (χ4n) is 3.15. The molecule has 28 heavy (non-hydrogen) atoms. The zero-order chi connectivity index (χ0) is 19.5. The van der Waals surface area contributed by atoms with E-state index in [2.05, 4.69) is 58.8 Å². The van der Waals surface area contributed by atoms with Crippen LogP contribution in [0.4, 0.5) is 0 Å². The van der Waals surface area contributed by atoms with E-state index in [1.54, 1.807) is 11.8 Å². The molecule has 0 radical (unpaired) electrons. The molecule has 0 saturated heterocycles. The molecule has 7 heteroatoms. The van der Waals surface area contributed by atoms with Gasteiger partial charge in [0.2, 0.25) is 0 Å². The van der Waals surface area contributed by atoms with E-state index >= 15 is 0 Å². The Morgan fingerprint density at radius 3 is 2.79 bits per heavy atom. The van der Waals surface area contributed by atoms with Crippen LogP contribution < -0.4 is 4.74 Å². The van der Waals surface area contributed by atoms with Crippen LogP contribution in [0, 0.1) is 13.8 Å². The third kappa shape index (κ3) is 3.89. The highest BCUT2D eigenvalue weighted by Crippen LogP contribution is 2.24. The number of hydrogen-bond donors (Lipinski definition) is 0. The van der Waals surface area contributed by atoms with Gasteiger partial charge in [-0.25, -0.2) is 4.98 Å². The smallest absolute Gasteiger partial charge is 0.191 e. The molecule has 144 valence electrons. The van der Waals surface area contributed by atoms with Crippen LogP contribution in [0.5, 0.6) is 5.75 Å². The van der Waals surface area contributed by atoms with Gasteiger partial charge in [-0.2, -0.15) is 0 Å². The first-order chi connectivity index (χ1) is 13.6. The van der Waals surface area contributed by atoms with Gasteiger partial charge in [0.1, 0.15) is 18.0 Å². The average molecular weight is 394 g/mol. The van der Waals surface area contributed by atoms with E-state index < -0.39 is 0 Å². The predicted octanol–water partition coefficient (Wildman–Crippen LogP) is 4.43. The highest BCUT2D eigenvalue weighted by atomic mass is 32.2. The molecular formula is C21H23N5OS. The molecule has 0 atom stereocenters. The Morgan fingerprint density at radius 2 is 2.00 bits per heavy atom. The Morgan fingerprint density at radius 1 is 1.11 bits per heavy atom. The van der Waals surface area contributed by atoms with Crippen LogP contribution in [0.25, 0.3) is 5.65 Å². The zero-order valence-corrected chi connectivity index (χ0v) is 17.1. The van der Waals surface area contributed by atoms with Gasteiger partial charge in [-0.3, -0.25) is 0 Å². The van der Waals surface area contributed by atoms with Gasteiger partial charge in [0.05, 0.1) is 5.69 Å². The van der Waals surface area contributed by atoms with E-state index in [1.807, 2.05) is 34.9 Å². The molecule has 0 aliphatic carbocycles. The molecule has 0 bridgehead atoms. The quantitative estimate of drug-likeness (QED) is 0.435. The second-order valence-electron chi connectivity index (χ2n) is 6.69. The maximum atomic E-state index is 5.99. The minimum absolute atomic E-state index is 0.402. The van der Waals surface area contributed by atoms with Crippen LogP contribution in [-0.2, 0) is 18.9 Å². The third-order valence-corrected chi connectivity index (χ3v) is 5.56. The molecule has 0 saturated carbocycles. The molecule has 6 nitrogen and oxygen atoms in total. The molecule has 0 aliphatic rings. The van der Waals surface area contributed by atoms with Crippen molar-refractivity contribution < 1.29 is 4.74 Å². The lowest BCUT2D eigenvalue weighted by Gasteiger charge is -2.11. The highest BCUT2D eigenvalue weighted by molar-refractivity contribution is 7.98. The lowest BCUT2D eigenvalue weighted by atomic mass is 10.1. The number of nitrogens with zero attached hydrogens (tertiary/aromatic N) is 5. The van der Waals surface area contributed by atoms with Crippen molar-refractivity contribution in [3.63, 3.8) is 0 Å². The number of benzene rings is 1. The van der Waals surface area contributed by atoms with Crippen molar-refractivity contribution in [1.82, 2.24) is 24.1 Å². The molecule has 3 heterocycles. The van der Waals surface area contributed by atoms with Crippen molar-refractivity contribution in [1.29, 1.82) is 0 Å². The maximum Gasteiger partial charge on any atom is 0.191 e. The Labute approximate surface area is 168 Å². The van der Waals surface area contributed by atoms with Crippen molar-refractivity contribution in [2.45, 2.75) is 44.8 Å². The monoisotopic (exact) mass is 393 g/mol. The summed E-state index contributed by atoms with van der Waals surface area (Å²) < 4.78 is 10.1. The van der Waals surface area contributed by atoms with Crippen LogP contribution >= 0.6 is 11.8 Å². The van der Waals surface area contributed by atoms with E-state index in [1.165, 1.54) is 5.56 Å². The first kappa shape index (κ1) is 18.6. The molecule has 0 fully saturated rings. The highest BCUT2D eigenvalue weighted by Gasteiger charge is 2.13. The van der Waals surface area contributed by atoms with Gasteiger partial charge < -0.3 is 13.7 Å². The van der Waals surface area contributed by atoms with E-state index in [0.29, 0.717) is 6.61 Å². The summed E-state index contributed by atoms with van der Waals surface area (Å²) in [5, 5.41) is 9.60. The maximum absolute atomic E-state index is 5.99. The molecule has 0 aliphatic heterocycles. The number of rotatable bonds is 7. The normalized spacial score (nSPS) is 11.2. The lowest BCUT2D eigenvalue weighted by Crippen LogP contribution is -2.07. The first-order valence-electron chi connectivity index (χ1n) is 9.31. The first-order valence-corrected chi connectivity index (χ1v) is 10.3. The minimum atomic E-state index is 0.402. The van der Waals surface area contributed by atoms with E-state index in [-0.39, 0.29) is 0 Å². The SMILES string of the molecule is CCn1c(COc2ccc(C)cc2C)nnc1SCc1cn2ccccc2n1. The largest absolute Gasteiger partial charge is 0.485 e. The summed E-state index contributed by atoms with van der Waals surface area (Å²) in [5.41, 5.74) is 4.34. The van der Waals surface area contributed by atoms with E-state index in [9.17, 15) is 0 Å². The van der Waals surface area contributed by atoms with Gasteiger partial charge in [0.15, 0.2) is 11.0 Å². The predicted molar refractivity (Wildman–Crippen MR) is 111 cm³/mol. The number of ether oxygens (including phenoxy) is 1. The Balaban J connectivity index is 1.44. The van der Waals surface area contributed by atoms with Crippen molar-refractivity contribution >= 4 is 17.4 Å². The van der Waals surface area contributed by atoms with E-state index in [4.69, 9.17) is 4.74 Å². The van der Waals surface area contributed by atoms with E-state index in [0.717, 1.165) is 45.9 Å². The third-order valence-electron chi connectivity index (χ3n) is 4.56. The molecule has 1 aromatic carbocycles. The summed E-state index contributed by atoms with van der Waals surface area (Å²) in [4.78, 5) is 4.64. The molecule has 4 aromatic rings. The molecule has 4 rings (SSSR count). The minimum Gasteiger partial charge on any atom is -0.485 e. The summed E-state index contributed by atoms with van der Waals surface area (Å²) in [7, 11) is 0. The van der Waals surface area contributed by atoms with Crippen LogP contribution in [0.1, 0.15) is 29.6 Å². The van der Waals surface area contributed by atoms with Gasteiger partial charge in [0, 0.05) is 24.7 Å². The van der Waals surface area contributed by atoms with Crippen LogP contribution in [-0.4, -0.2) is 24.1 Å². The number of aromatic nitrogens is 5. The van der Waals surface area contributed by atoms with Crippen LogP contribution in [0.15, 0.2) is 53.9 Å². The molecule has 0 amide bonds. The van der Waals surface area contributed by atoms with Crippen molar-refractivity contribution in [3.05, 3.63) is 71.4 Å². The molecule has 0 spiro atoms. The van der Waals surface area contributed by atoms with Crippen molar-refractivity contribution in [2.24, 2.45) is 0 Å². The summed E-state index contributed by atoms with van der Waals surface area (Å²) in [6.07, 6.45) is 4.06. The van der Waals surface area contributed by atoms with Gasteiger partial charge in [-0.15, -0.1) is 10.2 Å². The molecular weight excluding hydrogens is 370 g/mol. The lowest BCUT2D eigenvalue weighted by molar-refractivity contribution is 0.286. The second kappa shape index (κ2) is 8.06. The number of fused-ring (bicyclic) bond motifs is 1. The number of hydrogen-bond acceptors (Lipinski definition) is 5. The van der Waals surface area contributed by atoms with Crippen LogP contribution in [0.2, 0.25) is 0 Å². The Hall–Kier alpha value is -2.80. The Kier molecular flexibility index (Phi) is 5.34. The van der Waals surface area contributed by atoms with Gasteiger partial charge in [-0.05, 0) is 44.5 Å². The van der Waals surface area contributed by atoms with Gasteiger partial charge in [0.25, 0.3) is 0 Å². The van der Waals surface area contributed by atoms with Gasteiger partial charge >= 0.3 is 0 Å². The van der Waals surface area contributed by atoms with Crippen molar-refractivity contribution in [3.8, 4) is 5.75 Å². The fraction of sp³-hybridized carbons (Fsp3) is 0.286. The number of aryl methyl sites for hydroxylation is 2. The number of imidazole rings is 1. The summed E-state index contributed by atoms with van der Waals surface area (Å²) in [5.74, 6) is 2.47. The number of thioether (sulfide) groups is 1. The average Bonchev–Trinajstić information content (AvgIpc) is 3.28. The molecule has 0 unspecified atom stereocenters. The summed E-state index contributed by atoms with van der Waals surface area (Å²) in [6, 6.07) is 12.2. The fourth-order valence-corrected chi connectivity index (χ4v) is 4.05. The van der Waals surface area contributed by atoms with Crippen molar-refractivity contribution in [2.75, 3.05) is 0 Å². The summed E-state index contributed by atoms with van der Waals surface area (Å²) >= 11 is 1.65. The van der Waals surface area contributed by atoms with Crippen LogP contribution in [0.3, 0.4) is 0 Å². The standard InChI is InChI=1S/C21H23N5OS/c1-4-26-20(13-27-18-9-8-15(2)11-16(18)3)23-24-21(26)28-14-17-12-25-10-6-5-7-19(25)22-17/h5-12H,4,13-14H2,1-3H3.